The monoisotopic (exact) mass is 404 g/mol. The summed E-state index contributed by atoms with van der Waals surface area (Å²) in [5.74, 6) is 0. The van der Waals surface area contributed by atoms with E-state index in [1.165, 1.54) is 21.2 Å². The van der Waals surface area contributed by atoms with E-state index in [0.29, 0.717) is 0 Å². The van der Waals surface area contributed by atoms with Gasteiger partial charge in [0, 0.05) is 0 Å². The van der Waals surface area contributed by atoms with Gasteiger partial charge in [0.15, 0.2) is 0 Å². The first kappa shape index (κ1) is 20.3. The summed E-state index contributed by atoms with van der Waals surface area (Å²) in [6, 6.07) is 44.5. The van der Waals surface area contributed by atoms with Crippen molar-refractivity contribution >= 4 is 40.2 Å². The zero-order valence-corrected chi connectivity index (χ0v) is 17.8. The van der Waals surface area contributed by atoms with Gasteiger partial charge in [-0.2, -0.15) is 0 Å². The van der Waals surface area contributed by atoms with Crippen molar-refractivity contribution in [3.8, 4) is 0 Å². The van der Waals surface area contributed by atoms with Crippen LogP contribution in [-0.2, 0) is 0 Å². The third-order valence-electron chi connectivity index (χ3n) is 5.94. The Bertz CT molecular complexity index is 830. The van der Waals surface area contributed by atoms with Gasteiger partial charge in [-0.1, -0.05) is 0 Å². The van der Waals surface area contributed by atoms with Gasteiger partial charge in [-0.3, -0.25) is 0 Å². The topological polar surface area (TPSA) is 0 Å². The predicted octanol–water partition coefficient (Wildman–Crippen LogP) is 5.28. The Morgan fingerprint density at radius 2 is 0.643 bits per heavy atom. The summed E-state index contributed by atoms with van der Waals surface area (Å²) in [5.41, 5.74) is 0. The van der Waals surface area contributed by atoms with Gasteiger partial charge in [-0.25, -0.2) is 0 Å². The van der Waals surface area contributed by atoms with Crippen LogP contribution in [0.15, 0.2) is 121 Å². The minimum atomic E-state index is -2.84. The van der Waals surface area contributed by atoms with Crippen LogP contribution in [0.3, 0.4) is 0 Å². The van der Waals surface area contributed by atoms with E-state index in [2.05, 4.69) is 128 Å². The van der Waals surface area contributed by atoms with Gasteiger partial charge in [0.2, 0.25) is 0 Å². The van der Waals surface area contributed by atoms with Crippen LogP contribution in [0, 0.1) is 0 Å². The second-order valence-corrected chi connectivity index (χ2v) is 12.3. The van der Waals surface area contributed by atoms with Crippen LogP contribution in [0.25, 0.3) is 0 Å². The summed E-state index contributed by atoms with van der Waals surface area (Å²) in [7, 11) is 0. The Kier molecular flexibility index (Phi) is 6.04. The fourth-order valence-electron chi connectivity index (χ4n) is 4.65. The quantitative estimate of drug-likeness (QED) is 0.397. The molecule has 0 aliphatic rings. The third-order valence-corrected chi connectivity index (χ3v) is 13.0. The van der Waals surface area contributed by atoms with E-state index < -0.39 is 6.60 Å². The van der Waals surface area contributed by atoms with Crippen LogP contribution < -0.4 is 21.2 Å². The zero-order chi connectivity index (χ0) is 18.6. The van der Waals surface area contributed by atoms with Crippen molar-refractivity contribution in [2.75, 3.05) is 6.16 Å². The summed E-state index contributed by atoms with van der Waals surface area (Å²) in [6.07, 6.45) is 1.05. The van der Waals surface area contributed by atoms with E-state index in [1.54, 1.807) is 0 Å². The molecule has 0 radical (unpaired) electrons. The van der Waals surface area contributed by atoms with Crippen LogP contribution >= 0.6 is 19.0 Å². The van der Waals surface area contributed by atoms with Crippen LogP contribution in [-0.4, -0.2) is 6.16 Å². The molecule has 4 aromatic rings. The van der Waals surface area contributed by atoms with Crippen molar-refractivity contribution in [2.24, 2.45) is 0 Å². The molecule has 0 spiro atoms. The van der Waals surface area contributed by atoms with Crippen LogP contribution in [0.1, 0.15) is 6.92 Å². The Labute approximate surface area is 174 Å². The van der Waals surface area contributed by atoms with E-state index in [4.69, 9.17) is 0 Å². The molecule has 4 rings (SSSR count). The van der Waals surface area contributed by atoms with Gasteiger partial charge in [0.1, 0.15) is 0 Å². The molecular weight excluding hydrogens is 379 g/mol. The molecule has 0 heterocycles. The Hall–Kier alpha value is -2.40. The fraction of sp³-hybridized carbons (Fsp3) is 0.0769. The Morgan fingerprint density at radius 1 is 0.429 bits per heavy atom. The van der Waals surface area contributed by atoms with Gasteiger partial charge < -0.3 is 0 Å². The second kappa shape index (κ2) is 8.31. The first-order chi connectivity index (χ1) is 13.3. The SMILES string of the molecule is CCP(c1ccccc1)(c1ccccc1)(c1ccccc1)c1ccccc1.Cl. The van der Waals surface area contributed by atoms with Gasteiger partial charge in [0.05, 0.1) is 0 Å². The summed E-state index contributed by atoms with van der Waals surface area (Å²) >= 11 is 0. The maximum Gasteiger partial charge on any atom is -0.147 e. The molecule has 0 amide bonds. The van der Waals surface area contributed by atoms with E-state index >= 15 is 0 Å². The summed E-state index contributed by atoms with van der Waals surface area (Å²) < 4.78 is 0. The number of rotatable bonds is 5. The average Bonchev–Trinajstić information content (AvgIpc) is 2.78. The van der Waals surface area contributed by atoms with Crippen molar-refractivity contribution in [3.63, 3.8) is 0 Å². The molecule has 0 saturated carbocycles. The Morgan fingerprint density at radius 3 is 0.821 bits per heavy atom. The molecule has 4 aromatic carbocycles. The van der Waals surface area contributed by atoms with Gasteiger partial charge in [-0.05, 0) is 0 Å². The zero-order valence-electron chi connectivity index (χ0n) is 16.1. The van der Waals surface area contributed by atoms with Gasteiger partial charge in [-0.15, -0.1) is 12.4 Å². The molecule has 0 aliphatic heterocycles. The molecule has 0 aliphatic carbocycles. The van der Waals surface area contributed by atoms with Crippen LogP contribution in [0.2, 0.25) is 0 Å². The van der Waals surface area contributed by atoms with E-state index in [-0.39, 0.29) is 12.4 Å². The van der Waals surface area contributed by atoms with Crippen molar-refractivity contribution in [1.82, 2.24) is 0 Å². The maximum absolute atomic E-state index is 2.84. The predicted molar refractivity (Wildman–Crippen MR) is 129 cm³/mol. The van der Waals surface area contributed by atoms with E-state index in [9.17, 15) is 0 Å². The van der Waals surface area contributed by atoms with Crippen LogP contribution in [0.5, 0.6) is 0 Å². The molecule has 142 valence electrons. The standard InChI is InChI=1S/C26H25P.ClH/c1-2-27(23-15-7-3-8-16-23,24-17-9-4-10-18-24,25-19-11-5-12-20-25)26-21-13-6-14-22-26;/h3-22H,2H2,1H3;1H. The molecule has 0 atom stereocenters. The smallest absolute Gasteiger partial charge is 0.147 e. The normalized spacial score (nSPS) is 12.4. The number of hydrogen-bond acceptors (Lipinski definition) is 0. The molecule has 0 N–H and O–H groups in total. The first-order valence-corrected chi connectivity index (χ1v) is 12.0. The second-order valence-electron chi connectivity index (χ2n) is 6.96. The number of halogens is 1. The van der Waals surface area contributed by atoms with Crippen LogP contribution in [0.4, 0.5) is 0 Å². The number of benzene rings is 4. The minimum absolute atomic E-state index is 0. The summed E-state index contributed by atoms with van der Waals surface area (Å²) in [6.45, 7) is -0.483. The third kappa shape index (κ3) is 2.80. The van der Waals surface area contributed by atoms with Gasteiger partial charge in [0.25, 0.3) is 0 Å². The Balaban J connectivity index is 0.00000225. The minimum Gasteiger partial charge on any atom is -0.147 e. The first-order valence-electron chi connectivity index (χ1n) is 9.56. The van der Waals surface area contributed by atoms with Crippen molar-refractivity contribution in [3.05, 3.63) is 121 Å². The molecule has 28 heavy (non-hydrogen) atoms. The molecule has 0 unspecified atom stereocenters. The molecule has 0 aromatic heterocycles. The average molecular weight is 405 g/mol. The van der Waals surface area contributed by atoms with E-state index in [0.717, 1.165) is 6.16 Å². The van der Waals surface area contributed by atoms with Gasteiger partial charge >= 0.3 is 162 Å². The van der Waals surface area contributed by atoms with Crippen molar-refractivity contribution in [2.45, 2.75) is 6.92 Å². The molecule has 0 bridgehead atoms. The summed E-state index contributed by atoms with van der Waals surface area (Å²) in [5, 5.41) is 5.70. The maximum atomic E-state index is 2.36. The molecule has 0 saturated heterocycles. The molecule has 0 fully saturated rings. The number of hydrogen-bond donors (Lipinski definition) is 0. The summed E-state index contributed by atoms with van der Waals surface area (Å²) in [4.78, 5) is 0. The van der Waals surface area contributed by atoms with E-state index in [1.807, 2.05) is 0 Å². The van der Waals surface area contributed by atoms with Crippen molar-refractivity contribution < 1.29 is 0 Å². The molecular formula is C26H26ClP. The molecule has 0 nitrogen and oxygen atoms in total. The largest absolute Gasteiger partial charge is 0.147 e. The molecule has 2 heteroatoms. The fourth-order valence-corrected chi connectivity index (χ4v) is 11.2. The van der Waals surface area contributed by atoms with Crippen molar-refractivity contribution in [1.29, 1.82) is 0 Å².